The molecule has 6 heteroatoms. The highest BCUT2D eigenvalue weighted by molar-refractivity contribution is 6.06. The van der Waals surface area contributed by atoms with Gasteiger partial charge in [-0.15, -0.1) is 0 Å². The van der Waals surface area contributed by atoms with E-state index in [2.05, 4.69) is 10.4 Å². The lowest BCUT2D eigenvalue weighted by Crippen LogP contribution is -2.40. The first-order valence-corrected chi connectivity index (χ1v) is 6.82. The van der Waals surface area contributed by atoms with Crippen molar-refractivity contribution in [2.75, 3.05) is 6.54 Å². The molecule has 2 heterocycles. The number of hydrogen-bond acceptors (Lipinski definition) is 4. The van der Waals surface area contributed by atoms with E-state index in [-0.39, 0.29) is 23.9 Å². The van der Waals surface area contributed by atoms with Crippen LogP contribution in [0.25, 0.3) is 0 Å². The number of likely N-dealkylation sites (tertiary alicyclic amines) is 1. The van der Waals surface area contributed by atoms with Crippen molar-refractivity contribution in [1.29, 1.82) is 0 Å². The van der Waals surface area contributed by atoms with Crippen molar-refractivity contribution in [1.82, 2.24) is 20.0 Å². The van der Waals surface area contributed by atoms with Crippen LogP contribution in [0.3, 0.4) is 0 Å². The maximum absolute atomic E-state index is 12.0. The lowest BCUT2D eigenvalue weighted by atomic mass is 10.2. The van der Waals surface area contributed by atoms with Gasteiger partial charge in [-0.25, -0.2) is 0 Å². The molecule has 1 N–H and O–H groups in total. The smallest absolute Gasteiger partial charge is 0.247 e. The lowest BCUT2D eigenvalue weighted by molar-refractivity contribution is -0.139. The van der Waals surface area contributed by atoms with Crippen LogP contribution in [0, 0.1) is 0 Å². The van der Waals surface area contributed by atoms with Gasteiger partial charge in [-0.2, -0.15) is 5.10 Å². The van der Waals surface area contributed by atoms with Crippen molar-refractivity contribution < 1.29 is 9.59 Å². The summed E-state index contributed by atoms with van der Waals surface area (Å²) >= 11 is 0. The van der Waals surface area contributed by atoms with E-state index in [1.165, 1.54) is 4.90 Å². The van der Waals surface area contributed by atoms with Crippen LogP contribution in [0.5, 0.6) is 0 Å². The minimum atomic E-state index is -0.314. The second-order valence-electron chi connectivity index (χ2n) is 5.17. The normalized spacial score (nSPS) is 23.4. The average molecular weight is 262 g/mol. The molecule has 0 radical (unpaired) electrons. The molecular weight excluding hydrogens is 244 g/mol. The summed E-state index contributed by atoms with van der Waals surface area (Å²) < 4.78 is 1.86. The first-order valence-electron chi connectivity index (χ1n) is 6.82. The molecule has 1 saturated heterocycles. The molecule has 3 rings (SSSR count). The van der Waals surface area contributed by atoms with Crippen LogP contribution in [0.1, 0.15) is 25.7 Å². The minimum Gasteiger partial charge on any atom is -0.305 e. The fourth-order valence-corrected chi connectivity index (χ4v) is 2.48. The van der Waals surface area contributed by atoms with Crippen molar-refractivity contribution in [2.24, 2.45) is 0 Å². The third kappa shape index (κ3) is 2.68. The van der Waals surface area contributed by atoms with Gasteiger partial charge < -0.3 is 5.32 Å². The van der Waals surface area contributed by atoms with Crippen molar-refractivity contribution in [2.45, 2.75) is 44.3 Å². The Balaban J connectivity index is 1.43. The molecule has 1 atom stereocenters. The monoisotopic (exact) mass is 262 g/mol. The summed E-state index contributed by atoms with van der Waals surface area (Å²) in [5.41, 5.74) is 0. The first kappa shape index (κ1) is 12.3. The van der Waals surface area contributed by atoms with Gasteiger partial charge in [0.25, 0.3) is 0 Å². The summed E-state index contributed by atoms with van der Waals surface area (Å²) in [6, 6.07) is 1.77. The zero-order valence-electron chi connectivity index (χ0n) is 10.8. The Hall–Kier alpha value is -1.69. The molecule has 0 aromatic carbocycles. The van der Waals surface area contributed by atoms with Crippen LogP contribution >= 0.6 is 0 Å². The first-order chi connectivity index (χ1) is 9.25. The van der Waals surface area contributed by atoms with E-state index in [4.69, 9.17) is 0 Å². The molecule has 0 bridgehead atoms. The van der Waals surface area contributed by atoms with E-state index in [1.807, 2.05) is 16.9 Å². The van der Waals surface area contributed by atoms with Crippen LogP contribution in [0.15, 0.2) is 18.5 Å². The second kappa shape index (κ2) is 5.13. The molecule has 2 amide bonds. The molecule has 0 spiro atoms. The van der Waals surface area contributed by atoms with Gasteiger partial charge in [0.2, 0.25) is 11.8 Å². The number of carbonyl (C=O) groups excluding carboxylic acids is 2. The van der Waals surface area contributed by atoms with Crippen molar-refractivity contribution in [3.05, 3.63) is 18.5 Å². The maximum Gasteiger partial charge on any atom is 0.247 e. The van der Waals surface area contributed by atoms with Gasteiger partial charge in [0, 0.05) is 25.0 Å². The van der Waals surface area contributed by atoms with Crippen LogP contribution in [0.4, 0.5) is 0 Å². The van der Waals surface area contributed by atoms with E-state index in [1.54, 1.807) is 6.20 Å². The topological polar surface area (TPSA) is 67.2 Å². The summed E-state index contributed by atoms with van der Waals surface area (Å²) in [7, 11) is 0. The molecule has 1 aliphatic heterocycles. The lowest BCUT2D eigenvalue weighted by Gasteiger charge is -2.14. The third-order valence-electron chi connectivity index (χ3n) is 3.61. The Bertz CT molecular complexity index is 467. The number of rotatable bonds is 6. The van der Waals surface area contributed by atoms with Gasteiger partial charge in [0.05, 0.1) is 12.5 Å². The zero-order valence-corrected chi connectivity index (χ0v) is 10.8. The zero-order chi connectivity index (χ0) is 13.2. The molecule has 6 nitrogen and oxygen atoms in total. The summed E-state index contributed by atoms with van der Waals surface area (Å²) in [6.07, 6.45) is 6.83. The van der Waals surface area contributed by atoms with Gasteiger partial charge in [0.15, 0.2) is 0 Å². The van der Waals surface area contributed by atoms with E-state index in [9.17, 15) is 9.59 Å². The number of carbonyl (C=O) groups is 2. The van der Waals surface area contributed by atoms with Gasteiger partial charge in [-0.05, 0) is 31.9 Å². The number of hydrogen-bond donors (Lipinski definition) is 1. The number of aromatic nitrogens is 2. The molecule has 1 aliphatic carbocycles. The molecule has 1 aromatic rings. The number of amides is 2. The van der Waals surface area contributed by atoms with Crippen LogP contribution in [-0.4, -0.2) is 45.1 Å². The molecule has 1 unspecified atom stereocenters. The van der Waals surface area contributed by atoms with Gasteiger partial charge in [-0.3, -0.25) is 19.2 Å². The minimum absolute atomic E-state index is 0.0166. The highest BCUT2D eigenvalue weighted by Gasteiger charge is 2.45. The largest absolute Gasteiger partial charge is 0.305 e. The molecule has 2 fully saturated rings. The maximum atomic E-state index is 12.0. The van der Waals surface area contributed by atoms with Crippen LogP contribution < -0.4 is 5.32 Å². The Morgan fingerprint density at radius 2 is 2.21 bits per heavy atom. The van der Waals surface area contributed by atoms with Gasteiger partial charge in [-0.1, -0.05) is 0 Å². The fraction of sp³-hybridized carbons (Fsp3) is 0.615. The second-order valence-corrected chi connectivity index (χ2v) is 5.17. The quantitative estimate of drug-likeness (QED) is 0.585. The number of aryl methyl sites for hydroxylation is 1. The van der Waals surface area contributed by atoms with E-state index < -0.39 is 0 Å². The van der Waals surface area contributed by atoms with Crippen molar-refractivity contribution in [3.63, 3.8) is 0 Å². The number of nitrogens with zero attached hydrogens (tertiary/aromatic N) is 3. The SMILES string of the molecule is O=C1CC(NCCCn2cccn2)C(=O)N1C1CC1. The predicted molar refractivity (Wildman–Crippen MR) is 68.1 cm³/mol. The molecule has 1 saturated carbocycles. The van der Waals surface area contributed by atoms with E-state index in [0.717, 1.165) is 32.4 Å². The summed E-state index contributed by atoms with van der Waals surface area (Å²) in [5, 5.41) is 7.30. The highest BCUT2D eigenvalue weighted by atomic mass is 16.2. The Morgan fingerprint density at radius 3 is 2.89 bits per heavy atom. The number of nitrogens with one attached hydrogen (secondary N) is 1. The molecule has 2 aliphatic rings. The van der Waals surface area contributed by atoms with Gasteiger partial charge in [0.1, 0.15) is 0 Å². The fourth-order valence-electron chi connectivity index (χ4n) is 2.48. The summed E-state index contributed by atoms with van der Waals surface area (Å²) in [6.45, 7) is 1.54. The molecule has 102 valence electrons. The molecule has 1 aromatic heterocycles. The predicted octanol–water partition coefficient (Wildman–Crippen LogP) is 0.153. The highest BCUT2D eigenvalue weighted by Crippen LogP contribution is 2.31. The van der Waals surface area contributed by atoms with Crippen LogP contribution in [0.2, 0.25) is 0 Å². The summed E-state index contributed by atoms with van der Waals surface area (Å²) in [5.74, 6) is -0.0522. The summed E-state index contributed by atoms with van der Waals surface area (Å²) in [4.78, 5) is 25.3. The number of imide groups is 1. The Kier molecular flexibility index (Phi) is 3.33. The third-order valence-corrected chi connectivity index (χ3v) is 3.61. The Morgan fingerprint density at radius 1 is 1.37 bits per heavy atom. The van der Waals surface area contributed by atoms with E-state index in [0.29, 0.717) is 6.42 Å². The Labute approximate surface area is 111 Å². The van der Waals surface area contributed by atoms with Crippen molar-refractivity contribution >= 4 is 11.8 Å². The standard InChI is InChI=1S/C13H18N4O2/c18-12-9-11(13(19)17(12)10-3-4-10)14-5-1-7-16-8-2-6-15-16/h2,6,8,10-11,14H,1,3-5,7,9H2. The van der Waals surface area contributed by atoms with Crippen LogP contribution in [-0.2, 0) is 16.1 Å². The van der Waals surface area contributed by atoms with Gasteiger partial charge >= 0.3 is 0 Å². The average Bonchev–Trinajstić information content (AvgIpc) is 2.99. The van der Waals surface area contributed by atoms with E-state index >= 15 is 0 Å². The molecular formula is C13H18N4O2. The molecule has 19 heavy (non-hydrogen) atoms. The van der Waals surface area contributed by atoms with Crippen molar-refractivity contribution in [3.8, 4) is 0 Å².